The Morgan fingerprint density at radius 1 is 0.833 bits per heavy atom. The second kappa shape index (κ2) is 7.93. The van der Waals surface area contributed by atoms with Crippen molar-refractivity contribution < 1.29 is 9.53 Å². The van der Waals surface area contributed by atoms with Crippen LogP contribution < -0.4 is 4.74 Å². The predicted octanol–water partition coefficient (Wildman–Crippen LogP) is 5.16. The van der Waals surface area contributed by atoms with Gasteiger partial charge in [0.1, 0.15) is 12.4 Å². The molecule has 0 fully saturated rings. The van der Waals surface area contributed by atoms with Crippen LogP contribution >= 0.6 is 0 Å². The lowest BCUT2D eigenvalue weighted by Crippen LogP contribution is -1.98. The van der Waals surface area contributed by atoms with Crippen molar-refractivity contribution >= 4 is 11.9 Å². The zero-order chi connectivity index (χ0) is 16.6. The maximum Gasteiger partial charge on any atom is 0.185 e. The van der Waals surface area contributed by atoms with Gasteiger partial charge in [0, 0.05) is 5.56 Å². The van der Waals surface area contributed by atoms with Gasteiger partial charge in [0.15, 0.2) is 5.78 Å². The first-order chi connectivity index (χ1) is 11.8. The second-order valence-corrected chi connectivity index (χ2v) is 5.41. The van der Waals surface area contributed by atoms with Crippen molar-refractivity contribution in [2.24, 2.45) is 0 Å². The van der Waals surface area contributed by atoms with Crippen molar-refractivity contribution in [3.63, 3.8) is 0 Å². The summed E-state index contributed by atoms with van der Waals surface area (Å²) in [4.78, 5) is 12.3. The molecule has 0 spiro atoms. The zero-order valence-corrected chi connectivity index (χ0v) is 13.3. The topological polar surface area (TPSA) is 26.3 Å². The Balaban J connectivity index is 1.66. The van der Waals surface area contributed by atoms with Crippen molar-refractivity contribution in [3.05, 3.63) is 108 Å². The molecule has 0 aliphatic heterocycles. The molecule has 0 saturated carbocycles. The summed E-state index contributed by atoms with van der Waals surface area (Å²) in [6.07, 6.45) is 3.41. The van der Waals surface area contributed by atoms with Gasteiger partial charge in [-0.3, -0.25) is 4.79 Å². The smallest absolute Gasteiger partial charge is 0.185 e. The van der Waals surface area contributed by atoms with E-state index in [0.717, 1.165) is 11.1 Å². The van der Waals surface area contributed by atoms with E-state index in [-0.39, 0.29) is 5.78 Å². The Labute approximate surface area is 142 Å². The molecular weight excluding hydrogens is 296 g/mol. The van der Waals surface area contributed by atoms with Crippen molar-refractivity contribution in [2.45, 2.75) is 6.61 Å². The predicted molar refractivity (Wildman–Crippen MR) is 97.0 cm³/mol. The quantitative estimate of drug-likeness (QED) is 0.464. The molecule has 24 heavy (non-hydrogen) atoms. The first-order valence-corrected chi connectivity index (χ1v) is 7.85. The molecule has 0 bridgehead atoms. The van der Waals surface area contributed by atoms with E-state index in [1.165, 1.54) is 0 Å². The summed E-state index contributed by atoms with van der Waals surface area (Å²) in [6, 6.07) is 27.0. The fourth-order valence-electron chi connectivity index (χ4n) is 2.31. The Morgan fingerprint density at radius 2 is 1.54 bits per heavy atom. The molecule has 0 radical (unpaired) electrons. The van der Waals surface area contributed by atoms with Gasteiger partial charge in [-0.15, -0.1) is 0 Å². The van der Waals surface area contributed by atoms with Gasteiger partial charge in [-0.25, -0.2) is 0 Å². The molecule has 2 heteroatoms. The highest BCUT2D eigenvalue weighted by molar-refractivity contribution is 6.07. The molecule has 3 rings (SSSR count). The average Bonchev–Trinajstić information content (AvgIpc) is 2.66. The number of allylic oxidation sites excluding steroid dienone is 1. The normalized spacial score (nSPS) is 10.7. The van der Waals surface area contributed by atoms with Crippen LogP contribution in [-0.4, -0.2) is 5.78 Å². The van der Waals surface area contributed by atoms with Crippen LogP contribution in [0.15, 0.2) is 91.0 Å². The number of carbonyl (C=O) groups is 1. The first kappa shape index (κ1) is 15.8. The minimum absolute atomic E-state index is 0.0379. The zero-order valence-electron chi connectivity index (χ0n) is 13.3. The maximum absolute atomic E-state index is 12.3. The van der Waals surface area contributed by atoms with Crippen LogP contribution in [0.25, 0.3) is 6.08 Å². The first-order valence-electron chi connectivity index (χ1n) is 7.85. The average molecular weight is 314 g/mol. The number of hydrogen-bond acceptors (Lipinski definition) is 2. The molecule has 0 unspecified atom stereocenters. The van der Waals surface area contributed by atoms with Gasteiger partial charge in [-0.1, -0.05) is 78.9 Å². The van der Waals surface area contributed by atoms with E-state index in [0.29, 0.717) is 17.9 Å². The lowest BCUT2D eigenvalue weighted by molar-refractivity contribution is 0.104. The highest BCUT2D eigenvalue weighted by atomic mass is 16.5. The molecule has 0 heterocycles. The summed E-state index contributed by atoms with van der Waals surface area (Å²) < 4.78 is 5.77. The molecule has 2 nitrogen and oxygen atoms in total. The monoisotopic (exact) mass is 314 g/mol. The Bertz CT molecular complexity index is 821. The molecule has 0 aromatic heterocycles. The fourth-order valence-corrected chi connectivity index (χ4v) is 2.31. The van der Waals surface area contributed by atoms with Crippen molar-refractivity contribution in [3.8, 4) is 5.75 Å². The lowest BCUT2D eigenvalue weighted by Gasteiger charge is -2.07. The maximum atomic E-state index is 12.3. The standard InChI is InChI=1S/C22H18O2/c23-22(15-14-18-8-3-1-4-9-18)20-12-7-13-21(16-20)24-17-19-10-5-2-6-11-19/h1-16H,17H2. The lowest BCUT2D eigenvalue weighted by atomic mass is 10.1. The van der Waals surface area contributed by atoms with Crippen LogP contribution in [0, 0.1) is 0 Å². The number of hydrogen-bond donors (Lipinski definition) is 0. The number of rotatable bonds is 6. The van der Waals surface area contributed by atoms with Gasteiger partial charge in [0.25, 0.3) is 0 Å². The highest BCUT2D eigenvalue weighted by Crippen LogP contribution is 2.16. The van der Waals surface area contributed by atoms with Crippen LogP contribution in [0.5, 0.6) is 5.75 Å². The largest absolute Gasteiger partial charge is 0.489 e. The van der Waals surface area contributed by atoms with Crippen LogP contribution in [-0.2, 0) is 6.61 Å². The van der Waals surface area contributed by atoms with Gasteiger partial charge in [-0.05, 0) is 29.3 Å². The fraction of sp³-hybridized carbons (Fsp3) is 0.0455. The second-order valence-electron chi connectivity index (χ2n) is 5.41. The molecular formula is C22H18O2. The number of ketones is 1. The molecule has 0 amide bonds. The molecule has 0 aliphatic carbocycles. The summed E-state index contributed by atoms with van der Waals surface area (Å²) in [5.41, 5.74) is 2.72. The van der Waals surface area contributed by atoms with E-state index < -0.39 is 0 Å². The van der Waals surface area contributed by atoms with Gasteiger partial charge < -0.3 is 4.74 Å². The van der Waals surface area contributed by atoms with Crippen molar-refractivity contribution in [1.29, 1.82) is 0 Å². The van der Waals surface area contributed by atoms with E-state index in [9.17, 15) is 4.79 Å². The third-order valence-electron chi connectivity index (χ3n) is 3.59. The molecule has 0 atom stereocenters. The van der Waals surface area contributed by atoms with Crippen LogP contribution in [0.2, 0.25) is 0 Å². The van der Waals surface area contributed by atoms with Crippen LogP contribution in [0.3, 0.4) is 0 Å². The Kier molecular flexibility index (Phi) is 5.21. The van der Waals surface area contributed by atoms with E-state index in [2.05, 4.69) is 0 Å². The third kappa shape index (κ3) is 4.43. The van der Waals surface area contributed by atoms with Gasteiger partial charge in [0.05, 0.1) is 0 Å². The summed E-state index contributed by atoms with van der Waals surface area (Å²) in [6.45, 7) is 0.484. The minimum Gasteiger partial charge on any atom is -0.489 e. The molecule has 0 aliphatic rings. The minimum atomic E-state index is -0.0379. The van der Waals surface area contributed by atoms with Gasteiger partial charge in [0.2, 0.25) is 0 Å². The van der Waals surface area contributed by atoms with Gasteiger partial charge >= 0.3 is 0 Å². The number of carbonyl (C=O) groups excluding carboxylic acids is 1. The molecule has 3 aromatic rings. The third-order valence-corrected chi connectivity index (χ3v) is 3.59. The number of benzene rings is 3. The van der Waals surface area contributed by atoms with Crippen LogP contribution in [0.4, 0.5) is 0 Å². The summed E-state index contributed by atoms with van der Waals surface area (Å²) in [5.74, 6) is 0.654. The van der Waals surface area contributed by atoms with Crippen molar-refractivity contribution in [1.82, 2.24) is 0 Å². The summed E-state index contributed by atoms with van der Waals surface area (Å²) >= 11 is 0. The van der Waals surface area contributed by atoms with E-state index in [4.69, 9.17) is 4.74 Å². The van der Waals surface area contributed by atoms with Crippen molar-refractivity contribution in [2.75, 3.05) is 0 Å². The number of ether oxygens (including phenoxy) is 1. The molecule has 3 aromatic carbocycles. The summed E-state index contributed by atoms with van der Waals surface area (Å²) in [5, 5.41) is 0. The van der Waals surface area contributed by atoms with E-state index in [1.807, 2.05) is 78.9 Å². The van der Waals surface area contributed by atoms with E-state index >= 15 is 0 Å². The molecule has 0 saturated heterocycles. The summed E-state index contributed by atoms with van der Waals surface area (Å²) in [7, 11) is 0. The molecule has 0 N–H and O–H groups in total. The SMILES string of the molecule is O=C(C=Cc1ccccc1)c1cccc(OCc2ccccc2)c1. The Hall–Kier alpha value is -3.13. The Morgan fingerprint density at radius 3 is 2.29 bits per heavy atom. The highest BCUT2D eigenvalue weighted by Gasteiger charge is 2.04. The van der Waals surface area contributed by atoms with E-state index in [1.54, 1.807) is 18.2 Å². The van der Waals surface area contributed by atoms with Crippen LogP contribution in [0.1, 0.15) is 21.5 Å². The van der Waals surface area contributed by atoms with Gasteiger partial charge in [-0.2, -0.15) is 0 Å². The molecule has 118 valence electrons.